The summed E-state index contributed by atoms with van der Waals surface area (Å²) in [5, 5.41) is 6.16. The molecule has 0 radical (unpaired) electrons. The smallest absolute Gasteiger partial charge is 0.191 e. The highest BCUT2D eigenvalue weighted by Crippen LogP contribution is 2.14. The van der Waals surface area contributed by atoms with Crippen LogP contribution in [-0.2, 0) is 26.9 Å². The average Bonchev–Trinajstić information content (AvgIpc) is 2.47. The fraction of sp³-hybridized carbons (Fsp3) is 0.533. The van der Waals surface area contributed by atoms with E-state index in [1.807, 2.05) is 0 Å². The van der Waals surface area contributed by atoms with Gasteiger partial charge in [-0.05, 0) is 29.7 Å². The van der Waals surface area contributed by atoms with Crippen LogP contribution in [-0.4, -0.2) is 47.9 Å². The van der Waals surface area contributed by atoms with Crippen LogP contribution in [0.3, 0.4) is 0 Å². The van der Waals surface area contributed by atoms with Gasteiger partial charge in [0.05, 0.1) is 5.75 Å². The lowest BCUT2D eigenvalue weighted by Gasteiger charge is -2.14. The van der Waals surface area contributed by atoms with Crippen molar-refractivity contribution in [3.8, 4) is 0 Å². The van der Waals surface area contributed by atoms with E-state index in [1.165, 1.54) is 18.2 Å². The standard InChI is InChI=1S/C15H24FN3O3S/c1-17-15(18-7-4-8-22-2)19-10-13-9-14(16)6-5-12(13)11-23(3,20)21/h5-6,9H,4,7-8,10-11H2,1-3H3,(H2,17,18,19). The highest BCUT2D eigenvalue weighted by molar-refractivity contribution is 7.89. The molecule has 0 aliphatic heterocycles. The maximum Gasteiger partial charge on any atom is 0.191 e. The van der Waals surface area contributed by atoms with Crippen molar-refractivity contribution < 1.29 is 17.5 Å². The summed E-state index contributed by atoms with van der Waals surface area (Å²) in [5.74, 6) is 0.0437. The van der Waals surface area contributed by atoms with E-state index in [9.17, 15) is 12.8 Å². The van der Waals surface area contributed by atoms with Gasteiger partial charge in [0.2, 0.25) is 0 Å². The number of hydrogen-bond donors (Lipinski definition) is 2. The van der Waals surface area contributed by atoms with Crippen LogP contribution in [0.4, 0.5) is 4.39 Å². The molecule has 2 N–H and O–H groups in total. The van der Waals surface area contributed by atoms with Gasteiger partial charge in [0, 0.05) is 40.1 Å². The third kappa shape index (κ3) is 7.94. The largest absolute Gasteiger partial charge is 0.385 e. The van der Waals surface area contributed by atoms with Crippen molar-refractivity contribution in [2.75, 3.05) is 33.6 Å². The lowest BCUT2D eigenvalue weighted by atomic mass is 10.1. The Hall–Kier alpha value is -1.67. The lowest BCUT2D eigenvalue weighted by Crippen LogP contribution is -2.37. The number of ether oxygens (including phenoxy) is 1. The zero-order valence-corrected chi connectivity index (χ0v) is 14.5. The van der Waals surface area contributed by atoms with Crippen LogP contribution in [0.15, 0.2) is 23.2 Å². The number of halogens is 1. The molecule has 0 spiro atoms. The first-order valence-corrected chi connectivity index (χ1v) is 9.30. The number of benzene rings is 1. The third-order valence-corrected chi connectivity index (χ3v) is 3.91. The van der Waals surface area contributed by atoms with E-state index in [0.29, 0.717) is 30.2 Å². The molecule has 0 fully saturated rings. The maximum absolute atomic E-state index is 13.4. The van der Waals surface area contributed by atoms with Gasteiger partial charge in [0.25, 0.3) is 0 Å². The highest BCUT2D eigenvalue weighted by atomic mass is 32.2. The van der Waals surface area contributed by atoms with E-state index < -0.39 is 15.7 Å². The monoisotopic (exact) mass is 345 g/mol. The quantitative estimate of drug-likeness (QED) is 0.419. The van der Waals surface area contributed by atoms with Gasteiger partial charge in [-0.3, -0.25) is 4.99 Å². The van der Waals surface area contributed by atoms with Gasteiger partial charge in [0.1, 0.15) is 5.82 Å². The van der Waals surface area contributed by atoms with Crippen LogP contribution < -0.4 is 10.6 Å². The van der Waals surface area contributed by atoms with Crippen LogP contribution in [0, 0.1) is 5.82 Å². The summed E-state index contributed by atoms with van der Waals surface area (Å²) in [6.45, 7) is 1.62. The van der Waals surface area contributed by atoms with Crippen LogP contribution >= 0.6 is 0 Å². The molecule has 0 unspecified atom stereocenters. The SMILES string of the molecule is CN=C(NCCCOC)NCc1cc(F)ccc1CS(C)(=O)=O. The summed E-state index contributed by atoms with van der Waals surface area (Å²) in [4.78, 5) is 4.07. The molecule has 0 amide bonds. The summed E-state index contributed by atoms with van der Waals surface area (Å²) in [6.07, 6.45) is 1.99. The number of sulfone groups is 1. The first kappa shape index (κ1) is 19.4. The minimum atomic E-state index is -3.19. The zero-order valence-electron chi connectivity index (χ0n) is 13.7. The number of guanidine groups is 1. The number of hydrogen-bond acceptors (Lipinski definition) is 4. The molecule has 1 rings (SSSR count). The number of aliphatic imine (C=N–C) groups is 1. The van der Waals surface area contributed by atoms with Crippen molar-refractivity contribution in [3.05, 3.63) is 35.1 Å². The molecule has 1 aromatic carbocycles. The van der Waals surface area contributed by atoms with Crippen molar-refractivity contribution in [3.63, 3.8) is 0 Å². The summed E-state index contributed by atoms with van der Waals surface area (Å²) in [6, 6.07) is 4.11. The normalized spacial score (nSPS) is 12.3. The molecular weight excluding hydrogens is 321 g/mol. The van der Waals surface area contributed by atoms with E-state index >= 15 is 0 Å². The second-order valence-electron chi connectivity index (χ2n) is 5.18. The molecule has 0 atom stereocenters. The minimum absolute atomic E-state index is 0.121. The first-order valence-electron chi connectivity index (χ1n) is 7.24. The fourth-order valence-electron chi connectivity index (χ4n) is 2.01. The Morgan fingerprint density at radius 3 is 2.65 bits per heavy atom. The van der Waals surface area contributed by atoms with Crippen molar-refractivity contribution in [1.29, 1.82) is 0 Å². The van der Waals surface area contributed by atoms with Crippen molar-refractivity contribution in [2.24, 2.45) is 4.99 Å². The molecule has 0 aliphatic carbocycles. The Bertz CT molecular complexity index is 633. The third-order valence-electron chi connectivity index (χ3n) is 3.07. The fourth-order valence-corrected chi connectivity index (χ4v) is 2.85. The average molecular weight is 345 g/mol. The molecular formula is C15H24FN3O3S. The van der Waals surface area contributed by atoms with Crippen LogP contribution in [0.2, 0.25) is 0 Å². The molecule has 0 heterocycles. The molecule has 8 heteroatoms. The van der Waals surface area contributed by atoms with Crippen LogP contribution in [0.5, 0.6) is 0 Å². The summed E-state index contributed by atoms with van der Waals surface area (Å²) < 4.78 is 41.3. The predicted molar refractivity (Wildman–Crippen MR) is 89.6 cm³/mol. The van der Waals surface area contributed by atoms with Crippen LogP contribution in [0.1, 0.15) is 17.5 Å². The topological polar surface area (TPSA) is 79.8 Å². The second kappa shape index (κ2) is 9.46. The van der Waals surface area contributed by atoms with Gasteiger partial charge in [-0.1, -0.05) is 6.07 Å². The van der Waals surface area contributed by atoms with E-state index in [0.717, 1.165) is 12.7 Å². The van der Waals surface area contributed by atoms with E-state index in [2.05, 4.69) is 15.6 Å². The van der Waals surface area contributed by atoms with Gasteiger partial charge in [0.15, 0.2) is 15.8 Å². The van der Waals surface area contributed by atoms with Gasteiger partial charge in [-0.15, -0.1) is 0 Å². The molecule has 130 valence electrons. The summed E-state index contributed by atoms with van der Waals surface area (Å²) in [5.41, 5.74) is 1.17. The summed E-state index contributed by atoms with van der Waals surface area (Å²) in [7, 11) is 0.0857. The first-order chi connectivity index (χ1) is 10.9. The van der Waals surface area contributed by atoms with Crippen molar-refractivity contribution in [2.45, 2.75) is 18.7 Å². The molecule has 0 saturated heterocycles. The van der Waals surface area contributed by atoms with E-state index in [4.69, 9.17) is 4.74 Å². The summed E-state index contributed by atoms with van der Waals surface area (Å²) >= 11 is 0. The number of rotatable bonds is 8. The molecule has 0 aromatic heterocycles. The maximum atomic E-state index is 13.4. The lowest BCUT2D eigenvalue weighted by molar-refractivity contribution is 0.195. The zero-order chi connectivity index (χ0) is 17.3. The van der Waals surface area contributed by atoms with Gasteiger partial charge >= 0.3 is 0 Å². The van der Waals surface area contributed by atoms with Gasteiger partial charge in [-0.2, -0.15) is 0 Å². The molecule has 0 aliphatic rings. The molecule has 6 nitrogen and oxygen atoms in total. The molecule has 23 heavy (non-hydrogen) atoms. The number of methoxy groups -OCH3 is 1. The molecule has 0 saturated carbocycles. The minimum Gasteiger partial charge on any atom is -0.385 e. The van der Waals surface area contributed by atoms with Gasteiger partial charge < -0.3 is 15.4 Å². The Balaban J connectivity index is 2.70. The Morgan fingerprint density at radius 1 is 1.30 bits per heavy atom. The van der Waals surface area contributed by atoms with Gasteiger partial charge in [-0.25, -0.2) is 12.8 Å². The van der Waals surface area contributed by atoms with E-state index in [1.54, 1.807) is 14.2 Å². The van der Waals surface area contributed by atoms with Crippen molar-refractivity contribution in [1.82, 2.24) is 10.6 Å². The number of nitrogens with one attached hydrogen (secondary N) is 2. The molecule has 1 aromatic rings. The Labute approximate surface area is 137 Å². The molecule has 0 bridgehead atoms. The van der Waals surface area contributed by atoms with E-state index in [-0.39, 0.29) is 12.3 Å². The second-order valence-corrected chi connectivity index (χ2v) is 7.32. The number of nitrogens with zero attached hydrogens (tertiary/aromatic N) is 1. The van der Waals surface area contributed by atoms with Crippen LogP contribution in [0.25, 0.3) is 0 Å². The predicted octanol–water partition coefficient (Wildman–Crippen LogP) is 1.07. The Kier molecular flexibility index (Phi) is 7.97. The highest BCUT2D eigenvalue weighted by Gasteiger charge is 2.11. The Morgan fingerprint density at radius 2 is 2.04 bits per heavy atom. The van der Waals surface area contributed by atoms with Crippen molar-refractivity contribution >= 4 is 15.8 Å².